The van der Waals surface area contributed by atoms with Crippen molar-refractivity contribution in [3.63, 3.8) is 0 Å². The molecular formula is C15H18N2S. The number of rotatable bonds is 3. The van der Waals surface area contributed by atoms with Gasteiger partial charge in [0.25, 0.3) is 0 Å². The number of nitrogens with zero attached hydrogens (tertiary/aromatic N) is 1. The number of thiazole rings is 1. The highest BCUT2D eigenvalue weighted by molar-refractivity contribution is 7.13. The molecule has 94 valence electrons. The van der Waals surface area contributed by atoms with E-state index in [0.717, 1.165) is 11.4 Å². The third kappa shape index (κ3) is 2.47. The summed E-state index contributed by atoms with van der Waals surface area (Å²) < 4.78 is 0. The summed E-state index contributed by atoms with van der Waals surface area (Å²) in [4.78, 5) is 4.78. The van der Waals surface area contributed by atoms with Crippen LogP contribution < -0.4 is 5.32 Å². The third-order valence-electron chi connectivity index (χ3n) is 3.55. The predicted octanol–water partition coefficient (Wildman–Crippen LogP) is 3.41. The van der Waals surface area contributed by atoms with E-state index in [2.05, 4.69) is 41.9 Å². The summed E-state index contributed by atoms with van der Waals surface area (Å²) in [6, 6.07) is 9.11. The van der Waals surface area contributed by atoms with Crippen molar-refractivity contribution in [3.8, 4) is 10.6 Å². The normalized spacial score (nSPS) is 19.3. The van der Waals surface area contributed by atoms with Gasteiger partial charge in [-0.25, -0.2) is 4.98 Å². The van der Waals surface area contributed by atoms with E-state index in [4.69, 9.17) is 4.98 Å². The second-order valence-electron chi connectivity index (χ2n) is 4.96. The Morgan fingerprint density at radius 1 is 1.39 bits per heavy atom. The van der Waals surface area contributed by atoms with Gasteiger partial charge in [0.2, 0.25) is 0 Å². The molecule has 0 radical (unpaired) electrons. The Morgan fingerprint density at radius 2 is 2.28 bits per heavy atom. The Bertz CT molecular complexity index is 527. The van der Waals surface area contributed by atoms with Gasteiger partial charge in [0, 0.05) is 23.4 Å². The molecule has 1 unspecified atom stereocenters. The fourth-order valence-corrected chi connectivity index (χ4v) is 3.44. The van der Waals surface area contributed by atoms with Crippen LogP contribution in [0.4, 0.5) is 0 Å². The molecule has 1 N–H and O–H groups in total. The van der Waals surface area contributed by atoms with Gasteiger partial charge >= 0.3 is 0 Å². The molecule has 3 rings (SSSR count). The molecule has 2 heterocycles. The summed E-state index contributed by atoms with van der Waals surface area (Å²) in [5.41, 5.74) is 3.81. The maximum Gasteiger partial charge on any atom is 0.123 e. The summed E-state index contributed by atoms with van der Waals surface area (Å²) in [7, 11) is 0. The van der Waals surface area contributed by atoms with Crippen LogP contribution in [0, 0.1) is 6.92 Å². The summed E-state index contributed by atoms with van der Waals surface area (Å²) in [5.74, 6) is 0. The van der Waals surface area contributed by atoms with E-state index < -0.39 is 0 Å². The number of benzene rings is 1. The first-order valence-electron chi connectivity index (χ1n) is 6.57. The average Bonchev–Trinajstić information content (AvgIpc) is 3.02. The zero-order valence-electron chi connectivity index (χ0n) is 10.6. The van der Waals surface area contributed by atoms with Crippen LogP contribution in [0.5, 0.6) is 0 Å². The Hall–Kier alpha value is -1.19. The van der Waals surface area contributed by atoms with E-state index in [1.807, 2.05) is 0 Å². The van der Waals surface area contributed by atoms with Crippen molar-refractivity contribution in [1.29, 1.82) is 0 Å². The minimum atomic E-state index is 0.636. The van der Waals surface area contributed by atoms with E-state index in [0.29, 0.717) is 6.04 Å². The number of aromatic nitrogens is 1. The van der Waals surface area contributed by atoms with Gasteiger partial charge in [-0.3, -0.25) is 0 Å². The third-order valence-corrected chi connectivity index (χ3v) is 4.47. The van der Waals surface area contributed by atoms with Crippen LogP contribution in [0.2, 0.25) is 0 Å². The molecular weight excluding hydrogens is 240 g/mol. The molecule has 1 aliphatic heterocycles. The molecule has 1 aliphatic rings. The summed E-state index contributed by atoms with van der Waals surface area (Å²) in [6.07, 6.45) is 3.67. The topological polar surface area (TPSA) is 24.9 Å². The lowest BCUT2D eigenvalue weighted by molar-refractivity contribution is 0.597. The van der Waals surface area contributed by atoms with Gasteiger partial charge in [0.1, 0.15) is 5.01 Å². The molecule has 1 atom stereocenters. The Kier molecular flexibility index (Phi) is 3.43. The first kappa shape index (κ1) is 11.9. The van der Waals surface area contributed by atoms with Crippen molar-refractivity contribution in [2.75, 3.05) is 6.54 Å². The lowest BCUT2D eigenvalue weighted by Gasteiger charge is -2.06. The van der Waals surface area contributed by atoms with E-state index in [1.54, 1.807) is 11.3 Å². The lowest BCUT2D eigenvalue weighted by Crippen LogP contribution is -2.23. The number of nitrogens with one attached hydrogen (secondary N) is 1. The molecule has 1 aromatic carbocycles. The van der Waals surface area contributed by atoms with Crippen LogP contribution in [-0.4, -0.2) is 17.6 Å². The van der Waals surface area contributed by atoms with Gasteiger partial charge < -0.3 is 5.32 Å². The van der Waals surface area contributed by atoms with Gasteiger partial charge in [-0.1, -0.05) is 24.3 Å². The summed E-state index contributed by atoms with van der Waals surface area (Å²) >= 11 is 1.76. The predicted molar refractivity (Wildman–Crippen MR) is 77.0 cm³/mol. The minimum absolute atomic E-state index is 0.636. The Balaban J connectivity index is 1.79. The van der Waals surface area contributed by atoms with Gasteiger partial charge in [-0.15, -0.1) is 11.3 Å². The second kappa shape index (κ2) is 5.21. The van der Waals surface area contributed by atoms with Gasteiger partial charge in [-0.2, -0.15) is 0 Å². The number of hydrogen-bond acceptors (Lipinski definition) is 3. The largest absolute Gasteiger partial charge is 0.314 e. The molecule has 0 spiro atoms. The van der Waals surface area contributed by atoms with E-state index in [-0.39, 0.29) is 0 Å². The Labute approximate surface area is 112 Å². The van der Waals surface area contributed by atoms with Crippen LogP contribution in [0.3, 0.4) is 0 Å². The summed E-state index contributed by atoms with van der Waals surface area (Å²) in [6.45, 7) is 3.31. The van der Waals surface area contributed by atoms with E-state index in [9.17, 15) is 0 Å². The molecule has 2 aromatic rings. The molecule has 18 heavy (non-hydrogen) atoms. The standard InChI is InChI=1S/C15H18N2S/c1-11-5-2-3-7-14(11)15-17-13(10-18-15)9-12-6-4-8-16-12/h2-3,5,7,10,12,16H,4,6,8-9H2,1H3. The van der Waals surface area contributed by atoms with Crippen molar-refractivity contribution < 1.29 is 0 Å². The van der Waals surface area contributed by atoms with E-state index >= 15 is 0 Å². The molecule has 1 aromatic heterocycles. The molecule has 0 saturated carbocycles. The van der Waals surface area contributed by atoms with Gasteiger partial charge in [-0.05, 0) is 31.9 Å². The maximum atomic E-state index is 4.78. The van der Waals surface area contributed by atoms with Crippen LogP contribution in [-0.2, 0) is 6.42 Å². The monoisotopic (exact) mass is 258 g/mol. The average molecular weight is 258 g/mol. The number of aryl methyl sites for hydroxylation is 1. The van der Waals surface area contributed by atoms with Gasteiger partial charge in [0.15, 0.2) is 0 Å². The van der Waals surface area contributed by atoms with Gasteiger partial charge in [0.05, 0.1) is 5.69 Å². The van der Waals surface area contributed by atoms with Crippen molar-refractivity contribution in [2.24, 2.45) is 0 Å². The van der Waals surface area contributed by atoms with Crippen molar-refractivity contribution in [3.05, 3.63) is 40.9 Å². The van der Waals surface area contributed by atoms with Crippen LogP contribution in [0.15, 0.2) is 29.6 Å². The SMILES string of the molecule is Cc1ccccc1-c1nc(CC2CCCN2)cs1. The van der Waals surface area contributed by atoms with Crippen molar-refractivity contribution in [1.82, 2.24) is 10.3 Å². The molecule has 0 amide bonds. The van der Waals surface area contributed by atoms with Crippen molar-refractivity contribution >= 4 is 11.3 Å². The van der Waals surface area contributed by atoms with Crippen LogP contribution >= 0.6 is 11.3 Å². The molecule has 1 fully saturated rings. The molecule has 0 aliphatic carbocycles. The molecule has 1 saturated heterocycles. The first-order valence-corrected chi connectivity index (χ1v) is 7.44. The molecule has 0 bridgehead atoms. The summed E-state index contributed by atoms with van der Waals surface area (Å²) in [5, 5.41) is 6.89. The maximum absolute atomic E-state index is 4.78. The fourth-order valence-electron chi connectivity index (χ4n) is 2.52. The molecule has 2 nitrogen and oxygen atoms in total. The first-order chi connectivity index (χ1) is 8.83. The van der Waals surface area contributed by atoms with E-state index in [1.165, 1.54) is 36.2 Å². The molecule has 3 heteroatoms. The minimum Gasteiger partial charge on any atom is -0.314 e. The van der Waals surface area contributed by atoms with Crippen molar-refractivity contribution in [2.45, 2.75) is 32.2 Å². The van der Waals surface area contributed by atoms with Crippen LogP contribution in [0.1, 0.15) is 24.1 Å². The zero-order chi connectivity index (χ0) is 12.4. The fraction of sp³-hybridized carbons (Fsp3) is 0.400. The van der Waals surface area contributed by atoms with Crippen LogP contribution in [0.25, 0.3) is 10.6 Å². The smallest absolute Gasteiger partial charge is 0.123 e. The highest BCUT2D eigenvalue weighted by Crippen LogP contribution is 2.27. The quantitative estimate of drug-likeness (QED) is 0.912. The highest BCUT2D eigenvalue weighted by atomic mass is 32.1. The number of hydrogen-bond donors (Lipinski definition) is 1. The highest BCUT2D eigenvalue weighted by Gasteiger charge is 2.16. The second-order valence-corrected chi connectivity index (χ2v) is 5.81. The Morgan fingerprint density at radius 3 is 3.06 bits per heavy atom. The zero-order valence-corrected chi connectivity index (χ0v) is 11.5. The lowest BCUT2D eigenvalue weighted by atomic mass is 10.1.